The molecule has 1 unspecified atom stereocenters. The van der Waals surface area contributed by atoms with Gasteiger partial charge in [0.1, 0.15) is 0 Å². The Kier molecular flexibility index (Phi) is 5.95. The maximum Gasteiger partial charge on any atom is 0.166 e. The summed E-state index contributed by atoms with van der Waals surface area (Å²) in [6, 6.07) is 0.600. The summed E-state index contributed by atoms with van der Waals surface area (Å²) in [4.78, 5) is 0. The van der Waals surface area contributed by atoms with Crippen LogP contribution >= 0.6 is 12.2 Å². The molecule has 0 spiro atoms. The molecule has 1 fully saturated rings. The predicted octanol–water partition coefficient (Wildman–Crippen LogP) is 1.68. The molecule has 1 atom stereocenters. The normalized spacial score (nSPS) is 18.8. The van der Waals surface area contributed by atoms with Gasteiger partial charge in [0, 0.05) is 19.7 Å². The van der Waals surface area contributed by atoms with Crippen LogP contribution in [-0.4, -0.2) is 31.4 Å². The lowest BCUT2D eigenvalue weighted by atomic mass is 10.2. The van der Waals surface area contributed by atoms with Crippen molar-refractivity contribution in [1.29, 1.82) is 0 Å². The Balaban J connectivity index is 2.07. The van der Waals surface area contributed by atoms with E-state index >= 15 is 0 Å². The summed E-state index contributed by atoms with van der Waals surface area (Å²) in [6.45, 7) is 3.81. The minimum atomic E-state index is 0.498. The van der Waals surface area contributed by atoms with Crippen LogP contribution in [0.25, 0.3) is 0 Å². The van der Waals surface area contributed by atoms with Crippen LogP contribution in [0.15, 0.2) is 0 Å². The highest BCUT2D eigenvalue weighted by atomic mass is 32.1. The lowest BCUT2D eigenvalue weighted by molar-refractivity contribution is 0.161. The molecular weight excluding hydrogens is 208 g/mol. The lowest BCUT2D eigenvalue weighted by Gasteiger charge is -2.17. The third-order valence-electron chi connectivity index (χ3n) is 2.75. The van der Waals surface area contributed by atoms with Crippen molar-refractivity contribution < 1.29 is 4.74 Å². The summed E-state index contributed by atoms with van der Waals surface area (Å²) in [5.74, 6) is 0.498. The first-order valence-corrected chi connectivity index (χ1v) is 6.16. The van der Waals surface area contributed by atoms with E-state index in [9.17, 15) is 0 Å². The van der Waals surface area contributed by atoms with Crippen LogP contribution in [0, 0.1) is 5.92 Å². The summed E-state index contributed by atoms with van der Waals surface area (Å²) >= 11 is 5.23. The molecule has 1 saturated carbocycles. The lowest BCUT2D eigenvalue weighted by Crippen LogP contribution is -2.42. The molecule has 4 heteroatoms. The highest BCUT2D eigenvalue weighted by Gasteiger charge is 2.15. The van der Waals surface area contributed by atoms with Gasteiger partial charge in [-0.1, -0.05) is 19.8 Å². The molecule has 0 bridgehead atoms. The van der Waals surface area contributed by atoms with Gasteiger partial charge in [-0.15, -0.1) is 0 Å². The van der Waals surface area contributed by atoms with Gasteiger partial charge in [-0.3, -0.25) is 0 Å². The summed E-state index contributed by atoms with van der Waals surface area (Å²) < 4.78 is 5.07. The van der Waals surface area contributed by atoms with Crippen molar-refractivity contribution in [2.45, 2.75) is 38.6 Å². The van der Waals surface area contributed by atoms with E-state index in [0.29, 0.717) is 12.0 Å². The monoisotopic (exact) mass is 230 g/mol. The fraction of sp³-hybridized carbons (Fsp3) is 0.909. The van der Waals surface area contributed by atoms with E-state index in [1.54, 1.807) is 7.11 Å². The van der Waals surface area contributed by atoms with Gasteiger partial charge in [0.25, 0.3) is 0 Å². The van der Waals surface area contributed by atoms with Gasteiger partial charge >= 0.3 is 0 Å². The second-order valence-corrected chi connectivity index (χ2v) is 4.80. The van der Waals surface area contributed by atoms with E-state index in [4.69, 9.17) is 17.0 Å². The van der Waals surface area contributed by atoms with Crippen LogP contribution in [0.5, 0.6) is 0 Å². The third kappa shape index (κ3) is 5.33. The number of thiocarbonyl (C=S) groups is 1. The molecule has 1 aliphatic rings. The predicted molar refractivity (Wildman–Crippen MR) is 67.0 cm³/mol. The zero-order valence-electron chi connectivity index (χ0n) is 9.71. The van der Waals surface area contributed by atoms with Crippen molar-refractivity contribution in [3.63, 3.8) is 0 Å². The highest BCUT2D eigenvalue weighted by Crippen LogP contribution is 2.17. The first-order valence-electron chi connectivity index (χ1n) is 5.75. The molecule has 0 aromatic carbocycles. The van der Waals surface area contributed by atoms with Gasteiger partial charge in [0.15, 0.2) is 5.11 Å². The van der Waals surface area contributed by atoms with Gasteiger partial charge in [-0.2, -0.15) is 0 Å². The number of methoxy groups -OCH3 is 1. The van der Waals surface area contributed by atoms with Crippen molar-refractivity contribution in [2.75, 3.05) is 20.3 Å². The number of hydrogen-bond acceptors (Lipinski definition) is 2. The molecule has 88 valence electrons. The van der Waals surface area contributed by atoms with E-state index in [-0.39, 0.29) is 0 Å². The first-order chi connectivity index (χ1) is 7.22. The molecule has 0 aromatic rings. The Labute approximate surface area is 98.0 Å². The van der Waals surface area contributed by atoms with Gasteiger partial charge in [-0.25, -0.2) is 0 Å². The largest absolute Gasteiger partial charge is 0.384 e. The Bertz CT molecular complexity index is 193. The van der Waals surface area contributed by atoms with Crippen LogP contribution < -0.4 is 10.6 Å². The molecular formula is C11H22N2OS. The van der Waals surface area contributed by atoms with Crippen molar-refractivity contribution in [2.24, 2.45) is 5.92 Å². The van der Waals surface area contributed by atoms with Crippen molar-refractivity contribution >= 4 is 17.3 Å². The van der Waals surface area contributed by atoms with Gasteiger partial charge in [0.2, 0.25) is 0 Å². The minimum Gasteiger partial charge on any atom is -0.384 e. The topological polar surface area (TPSA) is 33.3 Å². The first kappa shape index (κ1) is 12.7. The van der Waals surface area contributed by atoms with E-state index in [2.05, 4.69) is 17.6 Å². The van der Waals surface area contributed by atoms with Crippen molar-refractivity contribution in [3.8, 4) is 0 Å². The molecule has 1 aliphatic carbocycles. The highest BCUT2D eigenvalue weighted by molar-refractivity contribution is 7.80. The standard InChI is InChI=1S/C11H22N2OS/c1-9(8-14-2)7-12-11(15)13-10-5-3-4-6-10/h9-10H,3-8H2,1-2H3,(H2,12,13,15). The molecule has 0 amide bonds. The van der Waals surface area contributed by atoms with E-state index in [1.807, 2.05) is 0 Å². The Morgan fingerprint density at radius 3 is 2.73 bits per heavy atom. The van der Waals surface area contributed by atoms with E-state index in [1.165, 1.54) is 25.7 Å². The van der Waals surface area contributed by atoms with Gasteiger partial charge in [-0.05, 0) is 31.0 Å². The van der Waals surface area contributed by atoms with Crippen LogP contribution in [-0.2, 0) is 4.74 Å². The second kappa shape index (κ2) is 7.01. The smallest absolute Gasteiger partial charge is 0.166 e. The molecule has 0 saturated heterocycles. The summed E-state index contributed by atoms with van der Waals surface area (Å²) in [5.41, 5.74) is 0. The maximum absolute atomic E-state index is 5.23. The Morgan fingerprint density at radius 2 is 2.13 bits per heavy atom. The second-order valence-electron chi connectivity index (χ2n) is 4.40. The Morgan fingerprint density at radius 1 is 1.47 bits per heavy atom. The van der Waals surface area contributed by atoms with Gasteiger partial charge < -0.3 is 15.4 Å². The third-order valence-corrected chi connectivity index (χ3v) is 3.01. The molecule has 0 radical (unpaired) electrons. The van der Waals surface area contributed by atoms with E-state index in [0.717, 1.165) is 18.3 Å². The van der Waals surface area contributed by atoms with Crippen molar-refractivity contribution in [3.05, 3.63) is 0 Å². The molecule has 0 heterocycles. The quantitative estimate of drug-likeness (QED) is 0.704. The fourth-order valence-electron chi connectivity index (χ4n) is 1.92. The number of ether oxygens (including phenoxy) is 1. The number of nitrogens with one attached hydrogen (secondary N) is 2. The molecule has 0 aromatic heterocycles. The average molecular weight is 230 g/mol. The number of rotatable bonds is 5. The summed E-state index contributed by atoms with van der Waals surface area (Å²) in [7, 11) is 1.73. The minimum absolute atomic E-state index is 0.498. The zero-order valence-corrected chi connectivity index (χ0v) is 10.5. The number of hydrogen-bond donors (Lipinski definition) is 2. The van der Waals surface area contributed by atoms with E-state index < -0.39 is 0 Å². The molecule has 2 N–H and O–H groups in total. The molecule has 1 rings (SSSR count). The molecule has 15 heavy (non-hydrogen) atoms. The van der Waals surface area contributed by atoms with Crippen LogP contribution in [0.2, 0.25) is 0 Å². The van der Waals surface area contributed by atoms with Crippen LogP contribution in [0.3, 0.4) is 0 Å². The van der Waals surface area contributed by atoms with Gasteiger partial charge in [0.05, 0.1) is 6.61 Å². The fourth-order valence-corrected chi connectivity index (χ4v) is 2.17. The Hall–Kier alpha value is -0.350. The zero-order chi connectivity index (χ0) is 11.1. The summed E-state index contributed by atoms with van der Waals surface area (Å²) in [6.07, 6.45) is 5.19. The summed E-state index contributed by atoms with van der Waals surface area (Å²) in [5, 5.41) is 7.39. The van der Waals surface area contributed by atoms with Crippen LogP contribution in [0.1, 0.15) is 32.6 Å². The van der Waals surface area contributed by atoms with Crippen molar-refractivity contribution in [1.82, 2.24) is 10.6 Å². The van der Waals surface area contributed by atoms with Crippen LogP contribution in [0.4, 0.5) is 0 Å². The average Bonchev–Trinajstić information content (AvgIpc) is 2.68. The molecule has 0 aliphatic heterocycles. The maximum atomic E-state index is 5.23. The molecule has 3 nitrogen and oxygen atoms in total. The SMILES string of the molecule is COCC(C)CNC(=S)NC1CCCC1.